The van der Waals surface area contributed by atoms with Gasteiger partial charge in [0.15, 0.2) is 5.11 Å². The average molecular weight is 314 g/mol. The Balaban J connectivity index is 1.56. The van der Waals surface area contributed by atoms with E-state index in [-0.39, 0.29) is 0 Å². The number of hydrazone groups is 1. The monoisotopic (exact) mass is 314 g/mol. The summed E-state index contributed by atoms with van der Waals surface area (Å²) in [5, 5.41) is 9.41. The molecule has 1 saturated carbocycles. The molecule has 1 fully saturated rings. The molecule has 1 aromatic carbocycles. The van der Waals surface area contributed by atoms with Gasteiger partial charge in [-0.25, -0.2) is 0 Å². The molecule has 0 unspecified atom stereocenters. The Bertz CT molecular complexity index is 676. The summed E-state index contributed by atoms with van der Waals surface area (Å²) in [6.07, 6.45) is 8.84. The van der Waals surface area contributed by atoms with Crippen LogP contribution in [0, 0.1) is 5.92 Å². The zero-order chi connectivity index (χ0) is 15.4. The number of H-pyrrole nitrogens is 1. The number of hydrogen-bond donors (Lipinski definition) is 3. The Morgan fingerprint density at radius 3 is 3.00 bits per heavy atom. The van der Waals surface area contributed by atoms with Gasteiger partial charge in [-0.15, -0.1) is 0 Å². The van der Waals surface area contributed by atoms with Crippen molar-refractivity contribution >= 4 is 34.4 Å². The van der Waals surface area contributed by atoms with E-state index in [2.05, 4.69) is 39.9 Å². The first-order valence-electron chi connectivity index (χ1n) is 7.90. The van der Waals surface area contributed by atoms with E-state index in [9.17, 15) is 0 Å². The van der Waals surface area contributed by atoms with E-state index in [1.807, 2.05) is 18.3 Å². The standard InChI is InChI=1S/C17H22N4S/c1-12-6-2-4-8-15(12)20-17(22)21-19-11-13-10-18-16-9-5-3-7-14(13)16/h3,5,7,9-12,15,18H,2,4,6,8H2,1H3,(H2,20,21,22)/b19-11+/t12-,15-/m0/s1. The second-order valence-corrected chi connectivity index (χ2v) is 6.41. The van der Waals surface area contributed by atoms with Gasteiger partial charge in [-0.1, -0.05) is 38.0 Å². The number of aromatic amines is 1. The summed E-state index contributed by atoms with van der Waals surface area (Å²) < 4.78 is 0. The number of fused-ring (bicyclic) bond motifs is 1. The highest BCUT2D eigenvalue weighted by Gasteiger charge is 2.21. The molecule has 0 saturated heterocycles. The third-order valence-electron chi connectivity index (χ3n) is 4.42. The van der Waals surface area contributed by atoms with Gasteiger partial charge in [-0.2, -0.15) is 5.10 Å². The van der Waals surface area contributed by atoms with Crippen LogP contribution in [0.4, 0.5) is 0 Å². The molecule has 1 heterocycles. The second kappa shape index (κ2) is 6.92. The first-order chi connectivity index (χ1) is 10.7. The summed E-state index contributed by atoms with van der Waals surface area (Å²) in [5.41, 5.74) is 5.09. The topological polar surface area (TPSA) is 52.2 Å². The Kier molecular flexibility index (Phi) is 4.73. The van der Waals surface area contributed by atoms with Crippen LogP contribution in [-0.4, -0.2) is 22.4 Å². The van der Waals surface area contributed by atoms with Crippen molar-refractivity contribution in [3.05, 3.63) is 36.0 Å². The molecule has 0 amide bonds. The molecule has 3 rings (SSSR count). The summed E-state index contributed by atoms with van der Waals surface area (Å²) in [6, 6.07) is 8.64. The number of nitrogens with one attached hydrogen (secondary N) is 3. The zero-order valence-electron chi connectivity index (χ0n) is 12.8. The molecular weight excluding hydrogens is 292 g/mol. The maximum Gasteiger partial charge on any atom is 0.187 e. The Morgan fingerprint density at radius 2 is 2.14 bits per heavy atom. The van der Waals surface area contributed by atoms with E-state index < -0.39 is 0 Å². The average Bonchev–Trinajstić information content (AvgIpc) is 2.93. The minimum atomic E-state index is 0.469. The maximum atomic E-state index is 5.33. The smallest absolute Gasteiger partial charge is 0.187 e. The quantitative estimate of drug-likeness (QED) is 0.461. The van der Waals surface area contributed by atoms with Crippen molar-refractivity contribution in [3.8, 4) is 0 Å². The maximum absolute atomic E-state index is 5.33. The summed E-state index contributed by atoms with van der Waals surface area (Å²) in [4.78, 5) is 3.23. The van der Waals surface area contributed by atoms with E-state index in [0.29, 0.717) is 17.1 Å². The van der Waals surface area contributed by atoms with Gasteiger partial charge in [0, 0.05) is 28.7 Å². The van der Waals surface area contributed by atoms with E-state index in [1.165, 1.54) is 25.7 Å². The minimum absolute atomic E-state index is 0.469. The van der Waals surface area contributed by atoms with Crippen LogP contribution in [0.3, 0.4) is 0 Å². The van der Waals surface area contributed by atoms with Crippen LogP contribution in [0.2, 0.25) is 0 Å². The molecule has 1 aromatic heterocycles. The molecule has 0 aliphatic heterocycles. The predicted molar refractivity (Wildman–Crippen MR) is 96.2 cm³/mol. The predicted octanol–water partition coefficient (Wildman–Crippen LogP) is 3.54. The number of benzene rings is 1. The van der Waals surface area contributed by atoms with Crippen molar-refractivity contribution in [3.63, 3.8) is 0 Å². The van der Waals surface area contributed by atoms with Crippen LogP contribution in [0.25, 0.3) is 10.9 Å². The first-order valence-corrected chi connectivity index (χ1v) is 8.30. The fraction of sp³-hybridized carbons (Fsp3) is 0.412. The molecule has 2 atom stereocenters. The summed E-state index contributed by atoms with van der Waals surface area (Å²) in [5.74, 6) is 0.672. The fourth-order valence-corrected chi connectivity index (χ4v) is 3.30. The van der Waals surface area contributed by atoms with Crippen molar-refractivity contribution in [1.29, 1.82) is 0 Å². The molecule has 1 aliphatic carbocycles. The van der Waals surface area contributed by atoms with Crippen molar-refractivity contribution in [1.82, 2.24) is 15.7 Å². The van der Waals surface area contributed by atoms with Crippen LogP contribution in [-0.2, 0) is 0 Å². The number of nitrogens with zero attached hydrogens (tertiary/aromatic N) is 1. The van der Waals surface area contributed by atoms with Crippen LogP contribution in [0.1, 0.15) is 38.2 Å². The van der Waals surface area contributed by atoms with Gasteiger partial charge in [0.05, 0.1) is 6.21 Å². The van der Waals surface area contributed by atoms with Crippen molar-refractivity contribution in [2.45, 2.75) is 38.6 Å². The normalized spacial score (nSPS) is 22.0. The van der Waals surface area contributed by atoms with Gasteiger partial charge in [0.1, 0.15) is 0 Å². The highest BCUT2D eigenvalue weighted by atomic mass is 32.1. The zero-order valence-corrected chi connectivity index (χ0v) is 13.6. The lowest BCUT2D eigenvalue weighted by Crippen LogP contribution is -2.44. The molecule has 4 nitrogen and oxygen atoms in total. The third-order valence-corrected chi connectivity index (χ3v) is 4.63. The van der Waals surface area contributed by atoms with Gasteiger partial charge in [0.25, 0.3) is 0 Å². The second-order valence-electron chi connectivity index (χ2n) is 6.00. The molecule has 3 N–H and O–H groups in total. The molecule has 0 spiro atoms. The van der Waals surface area contributed by atoms with Crippen molar-refractivity contribution in [2.24, 2.45) is 11.0 Å². The van der Waals surface area contributed by atoms with E-state index >= 15 is 0 Å². The SMILES string of the molecule is C[C@H]1CCCC[C@@H]1NC(=S)N/N=C/c1c[nH]c2ccccc12. The Morgan fingerprint density at radius 1 is 1.32 bits per heavy atom. The Labute approximate surface area is 136 Å². The number of thiocarbonyl (C=S) groups is 1. The number of hydrogen-bond acceptors (Lipinski definition) is 2. The van der Waals surface area contributed by atoms with E-state index in [1.54, 1.807) is 6.21 Å². The van der Waals surface area contributed by atoms with Crippen LogP contribution < -0.4 is 10.7 Å². The molecular formula is C17H22N4S. The largest absolute Gasteiger partial charge is 0.361 e. The number of para-hydroxylation sites is 1. The van der Waals surface area contributed by atoms with Gasteiger partial charge in [-0.05, 0) is 37.0 Å². The summed E-state index contributed by atoms with van der Waals surface area (Å²) in [7, 11) is 0. The molecule has 0 bridgehead atoms. The van der Waals surface area contributed by atoms with Crippen LogP contribution >= 0.6 is 12.2 Å². The highest BCUT2D eigenvalue weighted by molar-refractivity contribution is 7.80. The van der Waals surface area contributed by atoms with Crippen molar-refractivity contribution < 1.29 is 0 Å². The van der Waals surface area contributed by atoms with Gasteiger partial charge in [-0.3, -0.25) is 5.43 Å². The van der Waals surface area contributed by atoms with Gasteiger partial charge in [0.2, 0.25) is 0 Å². The lowest BCUT2D eigenvalue weighted by molar-refractivity contribution is 0.308. The molecule has 22 heavy (non-hydrogen) atoms. The lowest BCUT2D eigenvalue weighted by atomic mass is 9.86. The molecule has 1 aliphatic rings. The van der Waals surface area contributed by atoms with Gasteiger partial charge >= 0.3 is 0 Å². The lowest BCUT2D eigenvalue weighted by Gasteiger charge is -2.30. The highest BCUT2D eigenvalue weighted by Crippen LogP contribution is 2.23. The van der Waals surface area contributed by atoms with Crippen molar-refractivity contribution in [2.75, 3.05) is 0 Å². The molecule has 0 radical (unpaired) electrons. The first kappa shape index (κ1) is 15.0. The van der Waals surface area contributed by atoms with E-state index in [4.69, 9.17) is 12.2 Å². The molecule has 116 valence electrons. The van der Waals surface area contributed by atoms with E-state index in [0.717, 1.165) is 16.5 Å². The summed E-state index contributed by atoms with van der Waals surface area (Å²) >= 11 is 5.33. The number of aromatic nitrogens is 1. The Hall–Kier alpha value is -1.88. The molecule has 5 heteroatoms. The third kappa shape index (κ3) is 3.47. The van der Waals surface area contributed by atoms with Crippen LogP contribution in [0.5, 0.6) is 0 Å². The minimum Gasteiger partial charge on any atom is -0.361 e. The van der Waals surface area contributed by atoms with Gasteiger partial charge < -0.3 is 10.3 Å². The number of rotatable bonds is 3. The molecule has 2 aromatic rings. The fourth-order valence-electron chi connectivity index (χ4n) is 3.09. The van der Waals surface area contributed by atoms with Crippen LogP contribution in [0.15, 0.2) is 35.6 Å². The summed E-state index contributed by atoms with van der Waals surface area (Å²) in [6.45, 7) is 2.29.